The fraction of sp³-hybridized carbons (Fsp3) is 0.333. The SMILES string of the molecule is CC(C)(C)OC=O.Oc1ccc2c(Cl)[nH]nc2c1. The van der Waals surface area contributed by atoms with Crippen LogP contribution in [0.3, 0.4) is 0 Å². The Balaban J connectivity index is 0.000000203. The van der Waals surface area contributed by atoms with Crippen LogP contribution in [0.2, 0.25) is 5.15 Å². The number of nitrogens with zero attached hydrogens (tertiary/aromatic N) is 1. The number of fused-ring (bicyclic) bond motifs is 1. The summed E-state index contributed by atoms with van der Waals surface area (Å²) < 4.78 is 4.55. The molecule has 1 aromatic carbocycles. The van der Waals surface area contributed by atoms with E-state index in [9.17, 15) is 4.79 Å². The zero-order valence-electron chi connectivity index (χ0n) is 10.4. The third kappa shape index (κ3) is 4.25. The molecule has 0 atom stereocenters. The van der Waals surface area contributed by atoms with Crippen LogP contribution < -0.4 is 0 Å². The van der Waals surface area contributed by atoms with Crippen LogP contribution in [0.25, 0.3) is 10.9 Å². The summed E-state index contributed by atoms with van der Waals surface area (Å²) in [5.41, 5.74) is 0.358. The van der Waals surface area contributed by atoms with Gasteiger partial charge >= 0.3 is 0 Å². The molecule has 0 fully saturated rings. The lowest BCUT2D eigenvalue weighted by atomic mass is 10.2. The lowest BCUT2D eigenvalue weighted by molar-refractivity contribution is -0.138. The molecule has 0 saturated carbocycles. The summed E-state index contributed by atoms with van der Waals surface area (Å²) in [5.74, 6) is 0.195. The number of carbonyl (C=O) groups excluding carboxylic acids is 1. The molecule has 0 amide bonds. The van der Waals surface area contributed by atoms with Crippen molar-refractivity contribution in [3.63, 3.8) is 0 Å². The van der Waals surface area contributed by atoms with Gasteiger partial charge in [-0.1, -0.05) is 11.6 Å². The summed E-state index contributed by atoms with van der Waals surface area (Å²) in [6.45, 7) is 5.92. The number of rotatable bonds is 1. The fourth-order valence-corrected chi connectivity index (χ4v) is 1.31. The average molecular weight is 271 g/mol. The smallest absolute Gasteiger partial charge is 0.293 e. The van der Waals surface area contributed by atoms with Crippen LogP contribution in [0, 0.1) is 0 Å². The topological polar surface area (TPSA) is 75.2 Å². The third-order valence-corrected chi connectivity index (χ3v) is 2.18. The molecule has 2 aromatic rings. The standard InChI is InChI=1S/C7H5ClN2O.C5H10O2/c8-7-5-2-1-4(11)3-6(5)9-10-7;1-5(2,3)7-4-6/h1-3,11H,(H,9,10);4H,1-3H3. The van der Waals surface area contributed by atoms with Crippen molar-refractivity contribution in [2.45, 2.75) is 26.4 Å². The quantitative estimate of drug-likeness (QED) is 0.782. The van der Waals surface area contributed by atoms with E-state index in [0.717, 1.165) is 5.39 Å². The fourth-order valence-electron chi connectivity index (χ4n) is 1.11. The minimum atomic E-state index is -0.318. The van der Waals surface area contributed by atoms with Crippen LogP contribution >= 0.6 is 11.6 Å². The van der Waals surface area contributed by atoms with Gasteiger partial charge in [-0.3, -0.25) is 9.89 Å². The molecule has 1 heterocycles. The molecule has 0 unspecified atom stereocenters. The molecular formula is C12H15ClN2O3. The van der Waals surface area contributed by atoms with Crippen LogP contribution in [-0.2, 0) is 9.53 Å². The number of H-pyrrole nitrogens is 1. The Bertz CT molecular complexity index is 532. The number of aromatic nitrogens is 2. The summed E-state index contributed by atoms with van der Waals surface area (Å²) in [6.07, 6.45) is 0. The number of hydrogen-bond acceptors (Lipinski definition) is 4. The maximum absolute atomic E-state index is 9.60. The number of hydrogen-bond donors (Lipinski definition) is 2. The first-order valence-corrected chi connectivity index (χ1v) is 5.65. The second-order valence-electron chi connectivity index (χ2n) is 4.57. The Morgan fingerprint density at radius 3 is 2.61 bits per heavy atom. The van der Waals surface area contributed by atoms with E-state index in [0.29, 0.717) is 17.1 Å². The number of phenols is 1. The van der Waals surface area contributed by atoms with Crippen molar-refractivity contribution in [3.8, 4) is 5.75 Å². The molecule has 18 heavy (non-hydrogen) atoms. The predicted molar refractivity (Wildman–Crippen MR) is 69.7 cm³/mol. The van der Waals surface area contributed by atoms with Crippen molar-refractivity contribution in [3.05, 3.63) is 23.4 Å². The van der Waals surface area contributed by atoms with Crippen molar-refractivity contribution in [2.75, 3.05) is 0 Å². The molecule has 5 nitrogen and oxygen atoms in total. The highest BCUT2D eigenvalue weighted by molar-refractivity contribution is 6.34. The van der Waals surface area contributed by atoms with E-state index in [1.54, 1.807) is 18.2 Å². The normalized spacial score (nSPS) is 10.7. The largest absolute Gasteiger partial charge is 0.508 e. The van der Waals surface area contributed by atoms with Crippen molar-refractivity contribution < 1.29 is 14.6 Å². The van der Waals surface area contributed by atoms with Gasteiger partial charge in [-0.25, -0.2) is 0 Å². The lowest BCUT2D eigenvalue weighted by Gasteiger charge is -2.14. The lowest BCUT2D eigenvalue weighted by Crippen LogP contribution is -2.17. The number of halogens is 1. The molecular weight excluding hydrogens is 256 g/mol. The Morgan fingerprint density at radius 1 is 1.44 bits per heavy atom. The second-order valence-corrected chi connectivity index (χ2v) is 4.94. The Labute approximate surface area is 110 Å². The molecule has 6 heteroatoms. The van der Waals surface area contributed by atoms with Crippen molar-refractivity contribution in [2.24, 2.45) is 0 Å². The van der Waals surface area contributed by atoms with E-state index in [1.165, 1.54) is 0 Å². The summed E-state index contributed by atoms with van der Waals surface area (Å²) >= 11 is 5.73. The van der Waals surface area contributed by atoms with Gasteiger partial charge < -0.3 is 9.84 Å². The minimum absolute atomic E-state index is 0.195. The number of phenolic OH excluding ortho intramolecular Hbond substituents is 1. The van der Waals surface area contributed by atoms with Gasteiger partial charge in [0.1, 0.15) is 16.5 Å². The van der Waals surface area contributed by atoms with Crippen molar-refractivity contribution in [1.29, 1.82) is 0 Å². The second kappa shape index (κ2) is 5.73. The number of aromatic amines is 1. The molecule has 0 saturated heterocycles. The van der Waals surface area contributed by atoms with E-state index >= 15 is 0 Å². The summed E-state index contributed by atoms with van der Waals surface area (Å²) in [4.78, 5) is 9.60. The van der Waals surface area contributed by atoms with E-state index in [4.69, 9.17) is 16.7 Å². The maximum atomic E-state index is 9.60. The average Bonchev–Trinajstić information content (AvgIpc) is 2.59. The van der Waals surface area contributed by atoms with Gasteiger partial charge in [0.2, 0.25) is 0 Å². The first-order valence-electron chi connectivity index (χ1n) is 5.27. The molecule has 0 aliphatic heterocycles. The molecule has 0 bridgehead atoms. The Hall–Kier alpha value is -1.75. The molecule has 2 rings (SSSR count). The molecule has 0 aliphatic carbocycles. The van der Waals surface area contributed by atoms with E-state index in [2.05, 4.69) is 14.9 Å². The minimum Gasteiger partial charge on any atom is -0.508 e. The molecule has 0 radical (unpaired) electrons. The van der Waals surface area contributed by atoms with Crippen LogP contribution in [0.1, 0.15) is 20.8 Å². The van der Waals surface area contributed by atoms with Gasteiger partial charge in [-0.2, -0.15) is 5.10 Å². The summed E-state index contributed by atoms with van der Waals surface area (Å²) in [5, 5.41) is 16.8. The number of aromatic hydroxyl groups is 1. The van der Waals surface area contributed by atoms with Crippen LogP contribution in [-0.4, -0.2) is 27.4 Å². The highest BCUT2D eigenvalue weighted by atomic mass is 35.5. The maximum Gasteiger partial charge on any atom is 0.293 e. The van der Waals surface area contributed by atoms with Crippen LogP contribution in [0.5, 0.6) is 5.75 Å². The molecule has 0 spiro atoms. The van der Waals surface area contributed by atoms with E-state index < -0.39 is 0 Å². The zero-order valence-corrected chi connectivity index (χ0v) is 11.2. The van der Waals surface area contributed by atoms with Gasteiger partial charge in [-0.15, -0.1) is 0 Å². The van der Waals surface area contributed by atoms with Crippen molar-refractivity contribution in [1.82, 2.24) is 10.2 Å². The van der Waals surface area contributed by atoms with Gasteiger partial charge in [0.15, 0.2) is 0 Å². The first-order chi connectivity index (χ1) is 8.33. The summed E-state index contributed by atoms with van der Waals surface area (Å²) in [7, 11) is 0. The molecule has 1 aromatic heterocycles. The molecule has 2 N–H and O–H groups in total. The van der Waals surface area contributed by atoms with Crippen LogP contribution in [0.15, 0.2) is 18.2 Å². The highest BCUT2D eigenvalue weighted by Gasteiger charge is 2.07. The van der Waals surface area contributed by atoms with E-state index in [1.807, 2.05) is 20.8 Å². The van der Waals surface area contributed by atoms with Gasteiger partial charge in [0.25, 0.3) is 6.47 Å². The third-order valence-electron chi connectivity index (χ3n) is 1.89. The van der Waals surface area contributed by atoms with Gasteiger partial charge in [-0.05, 0) is 32.9 Å². The first kappa shape index (κ1) is 14.3. The van der Waals surface area contributed by atoms with E-state index in [-0.39, 0.29) is 11.4 Å². The molecule has 98 valence electrons. The zero-order chi connectivity index (χ0) is 13.8. The monoisotopic (exact) mass is 270 g/mol. The Kier molecular flexibility index (Phi) is 4.55. The highest BCUT2D eigenvalue weighted by Crippen LogP contribution is 2.23. The predicted octanol–water partition coefficient (Wildman–Crippen LogP) is 2.88. The van der Waals surface area contributed by atoms with Crippen molar-refractivity contribution >= 4 is 29.0 Å². The number of ether oxygens (including phenoxy) is 1. The molecule has 0 aliphatic rings. The van der Waals surface area contributed by atoms with Gasteiger partial charge in [0, 0.05) is 11.5 Å². The number of benzene rings is 1. The summed E-state index contributed by atoms with van der Waals surface area (Å²) in [6, 6.07) is 4.85. The Morgan fingerprint density at radius 2 is 2.11 bits per heavy atom. The number of nitrogens with one attached hydrogen (secondary N) is 1. The van der Waals surface area contributed by atoms with Gasteiger partial charge in [0.05, 0.1) is 5.52 Å². The number of carbonyl (C=O) groups is 1. The van der Waals surface area contributed by atoms with Crippen LogP contribution in [0.4, 0.5) is 0 Å².